The van der Waals surface area contributed by atoms with Crippen molar-refractivity contribution in [2.24, 2.45) is 0 Å². The summed E-state index contributed by atoms with van der Waals surface area (Å²) in [5.41, 5.74) is 0. The van der Waals surface area contributed by atoms with Gasteiger partial charge < -0.3 is 4.74 Å². The van der Waals surface area contributed by atoms with Crippen LogP contribution in [-0.4, -0.2) is 32.5 Å². The van der Waals surface area contributed by atoms with E-state index in [1.807, 2.05) is 0 Å². The number of sulfone groups is 1. The minimum Gasteiger partial charge on any atom is -0.466 e. The zero-order valence-corrected chi connectivity index (χ0v) is 12.1. The molecule has 5 nitrogen and oxygen atoms in total. The van der Waals surface area contributed by atoms with Gasteiger partial charge >= 0.3 is 5.97 Å². The number of hydrogen-bond donors (Lipinski definition) is 0. The van der Waals surface area contributed by atoms with Crippen molar-refractivity contribution in [1.82, 2.24) is 0 Å². The van der Waals surface area contributed by atoms with Crippen LogP contribution < -0.4 is 0 Å². The van der Waals surface area contributed by atoms with Gasteiger partial charge in [0.2, 0.25) is 0 Å². The second-order valence-corrected chi connectivity index (χ2v) is 6.14. The van der Waals surface area contributed by atoms with Crippen LogP contribution in [0.2, 0.25) is 0 Å². The molecule has 0 amide bonds. The monoisotopic (exact) mass is 320 g/mol. The Labute approximate surface area is 120 Å². The molecule has 0 fully saturated rings. The highest BCUT2D eigenvalue weighted by Gasteiger charge is 2.23. The fourth-order valence-electron chi connectivity index (χ4n) is 1.56. The molecular formula is C13H14F2O5S. The molecule has 0 saturated heterocycles. The van der Waals surface area contributed by atoms with Crippen LogP contribution in [0.15, 0.2) is 23.1 Å². The fraction of sp³-hybridized carbons (Fsp3) is 0.385. The summed E-state index contributed by atoms with van der Waals surface area (Å²) in [4.78, 5) is 21.8. The lowest BCUT2D eigenvalue weighted by Crippen LogP contribution is -2.18. The highest BCUT2D eigenvalue weighted by molar-refractivity contribution is 7.92. The molecule has 0 aromatic heterocycles. The Morgan fingerprint density at radius 2 is 1.86 bits per heavy atom. The van der Waals surface area contributed by atoms with E-state index in [9.17, 15) is 26.8 Å². The number of carbonyl (C=O) groups excluding carboxylic acids is 2. The van der Waals surface area contributed by atoms with Crippen LogP contribution in [0.4, 0.5) is 8.78 Å². The van der Waals surface area contributed by atoms with Crippen molar-refractivity contribution in [1.29, 1.82) is 0 Å². The fourth-order valence-corrected chi connectivity index (χ4v) is 2.92. The van der Waals surface area contributed by atoms with E-state index in [1.54, 1.807) is 6.92 Å². The van der Waals surface area contributed by atoms with E-state index in [2.05, 4.69) is 4.74 Å². The number of esters is 1. The second kappa shape index (κ2) is 7.26. The molecule has 21 heavy (non-hydrogen) atoms. The van der Waals surface area contributed by atoms with E-state index in [-0.39, 0.29) is 19.4 Å². The van der Waals surface area contributed by atoms with Gasteiger partial charge in [0.25, 0.3) is 0 Å². The average Bonchev–Trinajstić information content (AvgIpc) is 2.35. The third-order valence-corrected chi connectivity index (χ3v) is 4.20. The Kier molecular flexibility index (Phi) is 5.95. The summed E-state index contributed by atoms with van der Waals surface area (Å²) in [5.74, 6) is -4.48. The molecule has 0 bridgehead atoms. The highest BCUT2D eigenvalue weighted by atomic mass is 32.2. The van der Waals surface area contributed by atoms with Gasteiger partial charge in [0, 0.05) is 12.5 Å². The van der Waals surface area contributed by atoms with Gasteiger partial charge in [0.15, 0.2) is 9.84 Å². The lowest BCUT2D eigenvalue weighted by molar-refractivity contribution is -0.144. The van der Waals surface area contributed by atoms with Crippen molar-refractivity contribution < 1.29 is 31.5 Å². The minimum absolute atomic E-state index is 0.159. The molecule has 1 rings (SSSR count). The SMILES string of the molecule is CCOC(=O)CCC(=O)CS(=O)(=O)c1ccc(F)cc1F. The van der Waals surface area contributed by atoms with Gasteiger partial charge in [0.05, 0.1) is 13.0 Å². The normalized spacial score (nSPS) is 11.2. The Morgan fingerprint density at radius 1 is 1.19 bits per heavy atom. The third-order valence-electron chi connectivity index (χ3n) is 2.49. The van der Waals surface area contributed by atoms with Crippen LogP contribution in [0.3, 0.4) is 0 Å². The minimum atomic E-state index is -4.21. The molecular weight excluding hydrogens is 306 g/mol. The van der Waals surface area contributed by atoms with Crippen LogP contribution >= 0.6 is 0 Å². The molecule has 0 aliphatic heterocycles. The van der Waals surface area contributed by atoms with Crippen molar-refractivity contribution in [2.75, 3.05) is 12.4 Å². The van der Waals surface area contributed by atoms with Crippen molar-refractivity contribution >= 4 is 21.6 Å². The maximum Gasteiger partial charge on any atom is 0.306 e. The molecule has 0 N–H and O–H groups in total. The summed E-state index contributed by atoms with van der Waals surface area (Å²) >= 11 is 0. The smallest absolute Gasteiger partial charge is 0.306 e. The van der Waals surface area contributed by atoms with E-state index >= 15 is 0 Å². The number of ketones is 1. The number of halogens is 2. The van der Waals surface area contributed by atoms with Crippen LogP contribution in [0.1, 0.15) is 19.8 Å². The van der Waals surface area contributed by atoms with Gasteiger partial charge in [-0.15, -0.1) is 0 Å². The van der Waals surface area contributed by atoms with Crippen LogP contribution in [0.5, 0.6) is 0 Å². The maximum atomic E-state index is 13.4. The largest absolute Gasteiger partial charge is 0.466 e. The second-order valence-electron chi connectivity index (χ2n) is 4.18. The first-order valence-electron chi connectivity index (χ1n) is 6.11. The summed E-state index contributed by atoms with van der Waals surface area (Å²) < 4.78 is 54.4. The van der Waals surface area contributed by atoms with Crippen LogP contribution in [0, 0.1) is 11.6 Å². The molecule has 0 saturated carbocycles. The van der Waals surface area contributed by atoms with E-state index in [0.717, 1.165) is 12.1 Å². The predicted molar refractivity (Wildman–Crippen MR) is 69.3 cm³/mol. The molecule has 0 radical (unpaired) electrons. The molecule has 0 heterocycles. The molecule has 0 unspecified atom stereocenters. The average molecular weight is 320 g/mol. The van der Waals surface area contributed by atoms with Crippen molar-refractivity contribution in [3.63, 3.8) is 0 Å². The topological polar surface area (TPSA) is 77.5 Å². The van der Waals surface area contributed by atoms with E-state index in [0.29, 0.717) is 6.07 Å². The van der Waals surface area contributed by atoms with Gasteiger partial charge in [0.1, 0.15) is 28.1 Å². The van der Waals surface area contributed by atoms with Gasteiger partial charge in [-0.1, -0.05) is 0 Å². The van der Waals surface area contributed by atoms with Crippen molar-refractivity contribution in [3.05, 3.63) is 29.8 Å². The van der Waals surface area contributed by atoms with Crippen molar-refractivity contribution in [3.8, 4) is 0 Å². The lowest BCUT2D eigenvalue weighted by Gasteiger charge is -2.05. The zero-order valence-electron chi connectivity index (χ0n) is 11.3. The standard InChI is InChI=1S/C13H14F2O5S/c1-2-20-13(17)6-4-10(16)8-21(18,19)12-5-3-9(14)7-11(12)15/h3,5,7H,2,4,6,8H2,1H3. The van der Waals surface area contributed by atoms with E-state index < -0.39 is 43.9 Å². The molecule has 0 aliphatic rings. The Balaban J connectivity index is 2.72. The Morgan fingerprint density at radius 3 is 2.43 bits per heavy atom. The molecule has 0 spiro atoms. The van der Waals surface area contributed by atoms with Gasteiger partial charge in [-0.25, -0.2) is 17.2 Å². The summed E-state index contributed by atoms with van der Waals surface area (Å²) in [6.45, 7) is 1.76. The number of rotatable bonds is 7. The first-order valence-corrected chi connectivity index (χ1v) is 7.76. The number of ether oxygens (including phenoxy) is 1. The number of hydrogen-bond acceptors (Lipinski definition) is 5. The van der Waals surface area contributed by atoms with Crippen molar-refractivity contribution in [2.45, 2.75) is 24.7 Å². The first-order chi connectivity index (χ1) is 9.76. The molecule has 1 aromatic carbocycles. The molecule has 0 atom stereocenters. The quantitative estimate of drug-likeness (QED) is 0.564. The molecule has 116 valence electrons. The highest BCUT2D eigenvalue weighted by Crippen LogP contribution is 2.17. The van der Waals surface area contributed by atoms with Gasteiger partial charge in [-0.05, 0) is 19.1 Å². The first kappa shape index (κ1) is 17.2. The number of Topliss-reactive ketones (excluding diaryl/α,β-unsaturated/α-hetero) is 1. The maximum absolute atomic E-state index is 13.4. The summed E-state index contributed by atoms with van der Waals surface area (Å²) in [5, 5.41) is 0. The summed E-state index contributed by atoms with van der Waals surface area (Å²) in [6, 6.07) is 1.98. The zero-order chi connectivity index (χ0) is 16.0. The van der Waals surface area contributed by atoms with Crippen LogP contribution in [-0.2, 0) is 24.2 Å². The van der Waals surface area contributed by atoms with Gasteiger partial charge in [-0.3, -0.25) is 9.59 Å². The number of carbonyl (C=O) groups is 2. The summed E-state index contributed by atoms with van der Waals surface area (Å²) in [7, 11) is -4.21. The van der Waals surface area contributed by atoms with Crippen LogP contribution in [0.25, 0.3) is 0 Å². The lowest BCUT2D eigenvalue weighted by atomic mass is 10.2. The van der Waals surface area contributed by atoms with E-state index in [4.69, 9.17) is 0 Å². The Hall–Kier alpha value is -1.83. The third kappa shape index (κ3) is 5.22. The molecule has 1 aromatic rings. The molecule has 0 aliphatic carbocycles. The van der Waals surface area contributed by atoms with Gasteiger partial charge in [-0.2, -0.15) is 0 Å². The molecule has 8 heteroatoms. The Bertz CT molecular complexity index is 640. The summed E-state index contributed by atoms with van der Waals surface area (Å²) in [6.07, 6.45) is -0.561. The van der Waals surface area contributed by atoms with E-state index in [1.165, 1.54) is 0 Å². The number of benzene rings is 1. The predicted octanol–water partition coefficient (Wildman–Crippen LogP) is 1.65.